The van der Waals surface area contributed by atoms with Crippen LogP contribution in [0.1, 0.15) is 106 Å². The summed E-state index contributed by atoms with van der Waals surface area (Å²) in [5, 5.41) is 2.91. The van der Waals surface area contributed by atoms with Gasteiger partial charge in [-0.25, -0.2) is 37.3 Å². The van der Waals surface area contributed by atoms with E-state index in [1.807, 2.05) is 172 Å². The van der Waals surface area contributed by atoms with E-state index in [1.165, 1.54) is 16.7 Å². The van der Waals surface area contributed by atoms with Crippen LogP contribution >= 0.6 is 32.9 Å². The molecule has 22 heteroatoms. The van der Waals surface area contributed by atoms with Crippen molar-refractivity contribution in [3.05, 3.63) is 144 Å². The maximum absolute atomic E-state index is 12.2. The Hall–Kier alpha value is -1.69. The largest absolute Gasteiger partial charge is 2.00 e. The number of benzene rings is 4. The zero-order valence-corrected chi connectivity index (χ0v) is 52.6. The van der Waals surface area contributed by atoms with E-state index in [0.717, 1.165) is 45.8 Å². The molecule has 5 atom stereocenters. The monoisotopic (exact) mass is 1190 g/mol. The van der Waals surface area contributed by atoms with Crippen molar-refractivity contribution >= 4 is 55.9 Å². The molecule has 1 saturated heterocycles. The number of ether oxygens (including phenoxy) is 2. The Morgan fingerprint density at radius 3 is 1.20 bits per heavy atom. The third kappa shape index (κ3) is 45.3. The molecule has 0 radical (unpaired) electrons. The van der Waals surface area contributed by atoms with E-state index in [9.17, 15) is 18.3 Å². The molecule has 3 N–H and O–H groups in total. The van der Waals surface area contributed by atoms with Gasteiger partial charge in [-0.3, -0.25) is 18.1 Å². The van der Waals surface area contributed by atoms with Crippen molar-refractivity contribution in [2.24, 2.45) is 0 Å². The fourth-order valence-electron chi connectivity index (χ4n) is 5.69. The van der Waals surface area contributed by atoms with Gasteiger partial charge >= 0.3 is 55.9 Å². The first kappa shape index (κ1) is 78.8. The second kappa shape index (κ2) is 54.7. The number of halogens is 1. The Labute approximate surface area is 475 Å². The molecule has 0 saturated carbocycles. The van der Waals surface area contributed by atoms with Crippen LogP contribution in [0.3, 0.4) is 0 Å². The summed E-state index contributed by atoms with van der Waals surface area (Å²) >= 11 is 0. The van der Waals surface area contributed by atoms with Crippen molar-refractivity contribution in [1.29, 1.82) is 0 Å². The average molecular weight is 1190 g/mol. The summed E-state index contributed by atoms with van der Waals surface area (Å²) in [6.07, 6.45) is 1.72. The molecule has 1 aliphatic heterocycles. The van der Waals surface area contributed by atoms with Gasteiger partial charge in [0.1, 0.15) is 0 Å². The van der Waals surface area contributed by atoms with Crippen LogP contribution in [-0.2, 0) is 67.9 Å². The van der Waals surface area contributed by atoms with Gasteiger partial charge < -0.3 is 26.5 Å². The van der Waals surface area contributed by atoms with E-state index in [2.05, 4.69) is 50.4 Å². The molecule has 416 valence electrons. The van der Waals surface area contributed by atoms with Crippen molar-refractivity contribution in [1.82, 2.24) is 20.7 Å². The quantitative estimate of drug-likeness (QED) is 0.0169. The van der Waals surface area contributed by atoms with Crippen LogP contribution in [0.25, 0.3) is 0 Å². The molecule has 0 spiro atoms. The van der Waals surface area contributed by atoms with Crippen molar-refractivity contribution in [2.45, 2.75) is 120 Å². The summed E-state index contributed by atoms with van der Waals surface area (Å²) in [5.74, 6) is 0.250. The fourth-order valence-corrected chi connectivity index (χ4v) is 9.51. The van der Waals surface area contributed by atoms with Gasteiger partial charge in [0.2, 0.25) is 0 Å². The molecule has 16 nitrogen and oxygen atoms in total. The fraction of sp³-hybridized carbons (Fsp3) is 0.538. The molecular weight excluding hydrogens is 1100 g/mol. The molecule has 0 amide bonds. The molecule has 4 aromatic carbocycles. The van der Waals surface area contributed by atoms with E-state index in [1.54, 1.807) is 18.5 Å². The summed E-state index contributed by atoms with van der Waals surface area (Å²) in [5.41, 5.74) is 8.97. The molecule has 0 aromatic heterocycles. The minimum absolute atomic E-state index is 0. The summed E-state index contributed by atoms with van der Waals surface area (Å²) in [6, 6.07) is 43.4. The molecule has 1 heterocycles. The first-order chi connectivity index (χ1) is 34.7. The van der Waals surface area contributed by atoms with Crippen LogP contribution in [0.4, 0.5) is 0 Å². The predicted octanol–water partition coefficient (Wildman–Crippen LogP) is 10.3. The van der Waals surface area contributed by atoms with Gasteiger partial charge in [0.05, 0.1) is 26.4 Å². The number of nitrogens with one attached hydrogen (secondary N) is 3. The third-order valence-electron chi connectivity index (χ3n) is 9.06. The molecular formula is C52H87BrMgN4O12P4. The van der Waals surface area contributed by atoms with Crippen LogP contribution < -0.4 is 33.0 Å². The van der Waals surface area contributed by atoms with E-state index in [4.69, 9.17) is 27.6 Å². The number of hydroxylamine groups is 2. The number of hydrogen-bond donors (Lipinski definition) is 3. The van der Waals surface area contributed by atoms with Crippen molar-refractivity contribution in [2.75, 3.05) is 65.9 Å². The van der Waals surface area contributed by atoms with E-state index in [0.29, 0.717) is 39.0 Å². The van der Waals surface area contributed by atoms with E-state index in [-0.39, 0.29) is 75.4 Å². The summed E-state index contributed by atoms with van der Waals surface area (Å²) in [4.78, 5) is 0. The Kier molecular flexibility index (Phi) is 58.2. The molecule has 0 aliphatic carbocycles. The Morgan fingerprint density at radius 2 is 0.932 bits per heavy atom. The zero-order chi connectivity index (χ0) is 54.1. The van der Waals surface area contributed by atoms with Gasteiger partial charge in [-0.15, -0.1) is 0 Å². The Balaban J connectivity index is -0.000000401. The van der Waals surface area contributed by atoms with Crippen LogP contribution in [-0.4, -0.2) is 112 Å². The van der Waals surface area contributed by atoms with E-state index < -0.39 is 15.5 Å². The predicted molar refractivity (Wildman–Crippen MR) is 299 cm³/mol. The van der Waals surface area contributed by atoms with Crippen LogP contribution in [0.5, 0.6) is 0 Å². The molecule has 2 unspecified atom stereocenters. The Bertz CT molecular complexity index is 1790. The molecule has 4 aromatic rings. The average Bonchev–Trinajstić information content (AvgIpc) is 4.15. The van der Waals surface area contributed by atoms with E-state index >= 15 is 0 Å². The molecule has 5 rings (SSSR count). The maximum Gasteiger partial charge on any atom is 2.00 e. The molecule has 1 aliphatic rings. The van der Waals surface area contributed by atoms with Gasteiger partial charge in [-0.1, -0.05) is 97.9 Å². The van der Waals surface area contributed by atoms with Crippen LogP contribution in [0.2, 0.25) is 0 Å². The summed E-state index contributed by atoms with van der Waals surface area (Å²) in [6.45, 7) is 29.6. The topological polar surface area (TPSA) is 181 Å². The molecule has 1 fully saturated rings. The van der Waals surface area contributed by atoms with Crippen LogP contribution in [0, 0.1) is 6.07 Å². The third-order valence-corrected chi connectivity index (χ3v) is 13.5. The first-order valence-electron chi connectivity index (χ1n) is 24.7. The number of hydrogen-bond acceptors (Lipinski definition) is 14. The van der Waals surface area contributed by atoms with Crippen molar-refractivity contribution < 1.29 is 72.1 Å². The van der Waals surface area contributed by atoms with Crippen molar-refractivity contribution in [3.8, 4) is 0 Å². The summed E-state index contributed by atoms with van der Waals surface area (Å²) < 4.78 is 85.1. The first-order valence-corrected chi connectivity index (χ1v) is 29.2. The SMILES string of the molecule is CCOCC.CCOCC.CCOP(=O)(NCC(C)c1ccccc1)OCC.CCOP(=O)(OCC)N1C[C@H]1C.C[C@H](Cc1ccccc1)NOP=O.C[C@H](Cc1ccccc1)NOP=O.[Br-].[Mg+2].[c-]1ccccc1. The van der Waals surface area contributed by atoms with Gasteiger partial charge in [0, 0.05) is 57.6 Å². The smallest absolute Gasteiger partial charge is 1.00 e. The second-order valence-corrected chi connectivity index (χ2v) is 19.6. The van der Waals surface area contributed by atoms with Gasteiger partial charge in [-0.2, -0.15) is 47.4 Å². The normalized spacial score (nSPS) is 14.3. The molecule has 74 heavy (non-hydrogen) atoms. The zero-order valence-electron chi connectivity index (χ0n) is 46.1. The molecule has 0 bridgehead atoms. The minimum atomic E-state index is -3.14. The number of nitrogens with zero attached hydrogens (tertiary/aromatic N) is 1. The van der Waals surface area contributed by atoms with Gasteiger partial charge in [0.25, 0.3) is 0 Å². The minimum Gasteiger partial charge on any atom is -1.00 e. The van der Waals surface area contributed by atoms with Crippen LogP contribution in [0.15, 0.2) is 121 Å². The summed E-state index contributed by atoms with van der Waals surface area (Å²) in [7, 11) is -6.72. The maximum atomic E-state index is 12.2. The second-order valence-electron chi connectivity index (χ2n) is 15.2. The van der Waals surface area contributed by atoms with Crippen molar-refractivity contribution in [3.63, 3.8) is 0 Å². The van der Waals surface area contributed by atoms with Gasteiger partial charge in [0.15, 0.2) is 0 Å². The number of rotatable bonds is 27. The standard InChI is InChI=1S/C13H22NO3P.2C9H12NO2P.C7H16NO3P.C6H5.2C4H10O.BrH.Mg/c1-4-16-18(15,17-5-2)14-11-12(3)13-9-7-6-8-10-13;2*1-8(10-12-13-11)7-9-5-3-2-4-6-9;1-4-10-12(9,11-5-2)8-6-7(8)3;1-2-4-6-5-3-1;2*1-3-5-4-2;;/h6-10,12H,4-5,11H2,1-3H3,(H,14,15);2*2-6,8,10H,7H2,1H3;7H,4-6H2,1-3H3;1-5H;2*3-4H2,1-2H3;1H;/q;;;;-1;;;;+2/p-1/t;2*8-;7-,8?;;;;;/m.111...../s1. The van der Waals surface area contributed by atoms with Gasteiger partial charge in [-0.05, 0) is 112 Å². The Morgan fingerprint density at radius 1 is 0.581 bits per heavy atom.